The van der Waals surface area contributed by atoms with E-state index in [9.17, 15) is 9.59 Å². The van der Waals surface area contributed by atoms with Gasteiger partial charge in [0.2, 0.25) is 11.8 Å². The van der Waals surface area contributed by atoms with E-state index in [2.05, 4.69) is 10.3 Å². The molecule has 30 heavy (non-hydrogen) atoms. The van der Waals surface area contributed by atoms with Crippen LogP contribution in [0, 0.1) is 0 Å². The van der Waals surface area contributed by atoms with E-state index in [1.54, 1.807) is 49.5 Å². The fraction of sp³-hybridized carbons (Fsp3) is 0.136. The summed E-state index contributed by atoms with van der Waals surface area (Å²) in [6.07, 6.45) is 1.76. The highest BCUT2D eigenvalue weighted by Crippen LogP contribution is 2.30. The number of halogens is 1. The summed E-state index contributed by atoms with van der Waals surface area (Å²) >= 11 is 5.89. The number of hydrogen-bond acceptors (Lipinski definition) is 5. The number of rotatable bonds is 6. The van der Waals surface area contributed by atoms with Gasteiger partial charge in [-0.3, -0.25) is 9.59 Å². The van der Waals surface area contributed by atoms with Gasteiger partial charge in [-0.1, -0.05) is 23.7 Å². The highest BCUT2D eigenvalue weighted by atomic mass is 35.5. The summed E-state index contributed by atoms with van der Waals surface area (Å²) in [6.45, 7) is 1.40. The van der Waals surface area contributed by atoms with Crippen LogP contribution in [0.2, 0.25) is 5.02 Å². The molecule has 0 spiro atoms. The molecule has 0 bridgehead atoms. The lowest BCUT2D eigenvalue weighted by atomic mass is 10.1. The number of likely N-dealkylation sites (N-methyl/N-ethyl adjacent to an activating group) is 1. The molecule has 0 aliphatic rings. The van der Waals surface area contributed by atoms with Gasteiger partial charge in [-0.25, -0.2) is 4.98 Å². The quantitative estimate of drug-likeness (QED) is 0.576. The van der Waals surface area contributed by atoms with Gasteiger partial charge < -0.3 is 20.7 Å². The molecule has 0 aliphatic carbocycles. The SMILES string of the molecule is CC(=O)Nc1cc(Oc2ccc(N(C)C(=O)Cc3ccc(Cl)cc3)c(N)c2)ccn1. The van der Waals surface area contributed by atoms with Crippen molar-refractivity contribution in [1.29, 1.82) is 0 Å². The molecule has 0 atom stereocenters. The number of amides is 2. The molecule has 1 heterocycles. The molecule has 0 saturated heterocycles. The number of anilines is 3. The molecule has 2 aromatic carbocycles. The van der Waals surface area contributed by atoms with Crippen LogP contribution in [0.15, 0.2) is 60.8 Å². The maximum atomic E-state index is 12.6. The van der Waals surface area contributed by atoms with Crippen LogP contribution in [0.25, 0.3) is 0 Å². The zero-order valence-electron chi connectivity index (χ0n) is 16.6. The van der Waals surface area contributed by atoms with Crippen molar-refractivity contribution in [2.24, 2.45) is 0 Å². The van der Waals surface area contributed by atoms with Crippen LogP contribution in [-0.4, -0.2) is 23.8 Å². The average molecular weight is 425 g/mol. The van der Waals surface area contributed by atoms with Gasteiger partial charge in [0.1, 0.15) is 17.3 Å². The molecule has 3 aromatic rings. The average Bonchev–Trinajstić information content (AvgIpc) is 2.69. The Morgan fingerprint density at radius 2 is 1.80 bits per heavy atom. The summed E-state index contributed by atoms with van der Waals surface area (Å²) in [5.74, 6) is 1.05. The van der Waals surface area contributed by atoms with Crippen molar-refractivity contribution in [3.8, 4) is 11.5 Å². The van der Waals surface area contributed by atoms with E-state index >= 15 is 0 Å². The Hall–Kier alpha value is -3.58. The second kappa shape index (κ2) is 9.28. The fourth-order valence-corrected chi connectivity index (χ4v) is 2.92. The first-order valence-electron chi connectivity index (χ1n) is 9.14. The first-order chi connectivity index (χ1) is 14.3. The Bertz CT molecular complexity index is 1070. The minimum absolute atomic E-state index is 0.105. The Morgan fingerprint density at radius 3 is 2.47 bits per heavy atom. The molecule has 3 rings (SSSR count). The monoisotopic (exact) mass is 424 g/mol. The molecule has 7 nitrogen and oxygen atoms in total. The smallest absolute Gasteiger partial charge is 0.231 e. The van der Waals surface area contributed by atoms with Crippen molar-refractivity contribution in [2.45, 2.75) is 13.3 Å². The normalized spacial score (nSPS) is 10.4. The van der Waals surface area contributed by atoms with Crippen LogP contribution in [-0.2, 0) is 16.0 Å². The standard InChI is InChI=1S/C22H21ClN4O3/c1-14(28)26-21-13-18(9-10-25-21)30-17-7-8-20(19(24)12-17)27(2)22(29)11-15-3-5-16(23)6-4-15/h3-10,12-13H,11,24H2,1-2H3,(H,25,26,28). The summed E-state index contributed by atoms with van der Waals surface area (Å²) < 4.78 is 5.80. The van der Waals surface area contributed by atoms with Gasteiger partial charge >= 0.3 is 0 Å². The van der Waals surface area contributed by atoms with Crippen molar-refractivity contribution in [1.82, 2.24) is 4.98 Å². The van der Waals surface area contributed by atoms with Crippen LogP contribution in [0.5, 0.6) is 11.5 Å². The Labute approximate surface area is 179 Å². The Balaban J connectivity index is 1.70. The highest BCUT2D eigenvalue weighted by Gasteiger charge is 2.15. The Morgan fingerprint density at radius 1 is 1.10 bits per heavy atom. The van der Waals surface area contributed by atoms with Gasteiger partial charge in [0, 0.05) is 37.3 Å². The van der Waals surface area contributed by atoms with Gasteiger partial charge in [0.05, 0.1) is 17.8 Å². The first kappa shape index (κ1) is 21.1. The summed E-state index contributed by atoms with van der Waals surface area (Å²) in [7, 11) is 1.67. The van der Waals surface area contributed by atoms with E-state index < -0.39 is 0 Å². The molecule has 0 saturated carbocycles. The second-order valence-corrected chi connectivity index (χ2v) is 7.07. The zero-order chi connectivity index (χ0) is 21.7. The van der Waals surface area contributed by atoms with E-state index in [1.807, 2.05) is 12.1 Å². The summed E-state index contributed by atoms with van der Waals surface area (Å²) in [6, 6.07) is 15.5. The largest absolute Gasteiger partial charge is 0.457 e. The van der Waals surface area contributed by atoms with Gasteiger partial charge in [-0.15, -0.1) is 0 Å². The lowest BCUT2D eigenvalue weighted by Gasteiger charge is -2.20. The molecule has 0 aliphatic heterocycles. The van der Waals surface area contributed by atoms with Gasteiger partial charge in [0.15, 0.2) is 0 Å². The van der Waals surface area contributed by atoms with Crippen molar-refractivity contribution in [3.05, 3.63) is 71.4 Å². The molecule has 0 unspecified atom stereocenters. The molecule has 1 aromatic heterocycles. The third kappa shape index (κ3) is 5.48. The molecule has 2 amide bonds. The van der Waals surface area contributed by atoms with Crippen LogP contribution < -0.4 is 20.7 Å². The van der Waals surface area contributed by atoms with E-state index in [0.717, 1.165) is 5.56 Å². The molecule has 0 fully saturated rings. The number of nitrogen functional groups attached to an aromatic ring is 1. The summed E-state index contributed by atoms with van der Waals surface area (Å²) in [4.78, 5) is 29.3. The van der Waals surface area contributed by atoms with Crippen LogP contribution in [0.3, 0.4) is 0 Å². The van der Waals surface area contributed by atoms with E-state index in [-0.39, 0.29) is 18.2 Å². The predicted molar refractivity (Wildman–Crippen MR) is 118 cm³/mol. The number of aromatic nitrogens is 1. The van der Waals surface area contributed by atoms with Crippen LogP contribution in [0.4, 0.5) is 17.2 Å². The van der Waals surface area contributed by atoms with Gasteiger partial charge in [-0.2, -0.15) is 0 Å². The number of carbonyl (C=O) groups excluding carboxylic acids is 2. The second-order valence-electron chi connectivity index (χ2n) is 6.64. The maximum absolute atomic E-state index is 12.6. The van der Waals surface area contributed by atoms with Gasteiger partial charge in [-0.05, 0) is 35.9 Å². The number of hydrogen-bond donors (Lipinski definition) is 2. The van der Waals surface area contributed by atoms with Crippen molar-refractivity contribution in [2.75, 3.05) is 23.0 Å². The minimum atomic E-state index is -0.223. The number of benzene rings is 2. The molecular formula is C22H21ClN4O3. The molecular weight excluding hydrogens is 404 g/mol. The summed E-state index contributed by atoms with van der Waals surface area (Å²) in [5.41, 5.74) is 8.00. The maximum Gasteiger partial charge on any atom is 0.231 e. The molecule has 3 N–H and O–H groups in total. The van der Waals surface area contributed by atoms with Crippen molar-refractivity contribution in [3.63, 3.8) is 0 Å². The number of nitrogens with two attached hydrogens (primary N) is 1. The van der Waals surface area contributed by atoms with E-state index in [1.165, 1.54) is 18.0 Å². The molecule has 8 heteroatoms. The predicted octanol–water partition coefficient (Wildman–Crippen LogP) is 4.27. The third-order valence-electron chi connectivity index (χ3n) is 4.27. The zero-order valence-corrected chi connectivity index (χ0v) is 17.3. The van der Waals surface area contributed by atoms with Crippen LogP contribution >= 0.6 is 11.6 Å². The first-order valence-corrected chi connectivity index (χ1v) is 9.51. The number of nitrogens with zero attached hydrogens (tertiary/aromatic N) is 2. The topological polar surface area (TPSA) is 97.5 Å². The molecule has 0 radical (unpaired) electrons. The molecule has 154 valence electrons. The number of nitrogens with one attached hydrogen (secondary N) is 1. The Kier molecular flexibility index (Phi) is 6.54. The van der Waals surface area contributed by atoms with Crippen LogP contribution in [0.1, 0.15) is 12.5 Å². The van der Waals surface area contributed by atoms with Crippen molar-refractivity contribution < 1.29 is 14.3 Å². The number of ether oxygens (including phenoxy) is 1. The van der Waals surface area contributed by atoms with Gasteiger partial charge in [0.25, 0.3) is 0 Å². The minimum Gasteiger partial charge on any atom is -0.457 e. The lowest BCUT2D eigenvalue weighted by Crippen LogP contribution is -2.28. The number of carbonyl (C=O) groups is 2. The highest BCUT2D eigenvalue weighted by molar-refractivity contribution is 6.30. The van der Waals surface area contributed by atoms with Crippen molar-refractivity contribution >= 4 is 40.6 Å². The van der Waals surface area contributed by atoms with E-state index in [0.29, 0.717) is 33.7 Å². The lowest BCUT2D eigenvalue weighted by molar-refractivity contribution is -0.117. The number of pyridine rings is 1. The fourth-order valence-electron chi connectivity index (χ4n) is 2.79. The van der Waals surface area contributed by atoms with E-state index in [4.69, 9.17) is 22.1 Å². The summed E-state index contributed by atoms with van der Waals surface area (Å²) in [5, 5.41) is 3.22. The third-order valence-corrected chi connectivity index (χ3v) is 4.53.